The lowest BCUT2D eigenvalue weighted by atomic mass is 9.70. The van der Waals surface area contributed by atoms with Gasteiger partial charge in [0.1, 0.15) is 67.9 Å². The Kier molecular flexibility index (Phi) is 29.8. The number of hydrogen-bond donors (Lipinski definition) is 9. The van der Waals surface area contributed by atoms with Crippen molar-refractivity contribution in [2.45, 2.75) is 216 Å². The van der Waals surface area contributed by atoms with Gasteiger partial charge < -0.3 is 51.9 Å². The summed E-state index contributed by atoms with van der Waals surface area (Å²) in [7, 11) is -14.8. The number of carbonyl (C=O) groups is 4. The van der Waals surface area contributed by atoms with Gasteiger partial charge in [0.2, 0.25) is 0 Å². The largest absolute Gasteiger partial charge is 0.507 e. The van der Waals surface area contributed by atoms with Crippen molar-refractivity contribution in [3.05, 3.63) is 192 Å². The summed E-state index contributed by atoms with van der Waals surface area (Å²) in [6.07, 6.45) is 12.7. The number of nitrogen functional groups attached to an aromatic ring is 2. The number of sulfonamides is 3. The van der Waals surface area contributed by atoms with Gasteiger partial charge in [0.15, 0.2) is 5.03 Å². The van der Waals surface area contributed by atoms with E-state index in [1.807, 2.05) is 40.3 Å². The van der Waals surface area contributed by atoms with Crippen LogP contribution >= 0.6 is 0 Å². The van der Waals surface area contributed by atoms with Gasteiger partial charge in [-0.15, -0.1) is 0 Å². The van der Waals surface area contributed by atoms with E-state index in [0.29, 0.717) is 90.7 Å². The molecule has 12 N–H and O–H groups in total. The molecule has 7 atom stereocenters. The monoisotopic (exact) mass is 1950 g/mol. The second-order valence-corrected chi connectivity index (χ2v) is 46.9. The Labute approximate surface area is 795 Å². The minimum absolute atomic E-state index is 0.0119. The molecule has 7 aromatic heterocycles. The molecule has 5 saturated heterocycles. The number of aliphatic hydroxyl groups excluding tert-OH is 1. The number of phenols is 1. The minimum atomic E-state index is -4.32. The van der Waals surface area contributed by atoms with Crippen LogP contribution in [-0.2, 0) is 40.3 Å². The van der Waals surface area contributed by atoms with Crippen LogP contribution in [-0.4, -0.2) is 194 Å². The Bertz CT molecular complexity index is 6490. The molecule has 730 valence electrons. The van der Waals surface area contributed by atoms with E-state index in [1.54, 1.807) is 66.9 Å². The number of aromatic hydroxyl groups is 1. The van der Waals surface area contributed by atoms with E-state index in [4.69, 9.17) is 22.2 Å². The van der Waals surface area contributed by atoms with Gasteiger partial charge in [-0.1, -0.05) is 59.7 Å². The Balaban J connectivity index is 0.000000154. The molecule has 0 spiro atoms. The number of carbonyl (C=O) groups excluding carboxylic acids is 4. The van der Waals surface area contributed by atoms with Gasteiger partial charge in [-0.2, -0.15) is 21.1 Å². The van der Waals surface area contributed by atoms with Crippen molar-refractivity contribution in [3.63, 3.8) is 0 Å². The van der Waals surface area contributed by atoms with Crippen LogP contribution in [0.2, 0.25) is 0 Å². The molecule has 40 heteroatoms. The predicted octanol–water partition coefficient (Wildman–Crippen LogP) is 12.4. The highest BCUT2D eigenvalue weighted by Crippen LogP contribution is 2.47. The topological polar surface area (TPSA) is 481 Å². The van der Waals surface area contributed by atoms with Gasteiger partial charge in [-0.25, -0.2) is 79.4 Å². The first kappa shape index (κ1) is 102. The molecule has 9 aromatic rings. The van der Waals surface area contributed by atoms with E-state index in [2.05, 4.69) is 137 Å². The van der Waals surface area contributed by atoms with Gasteiger partial charge >= 0.3 is 10.2 Å². The van der Waals surface area contributed by atoms with Gasteiger partial charge in [-0.05, 0) is 270 Å². The Morgan fingerprint density at radius 3 is 1.40 bits per heavy atom. The number of nitrogens with zero attached hydrogens (tertiary/aromatic N) is 13. The van der Waals surface area contributed by atoms with Crippen LogP contribution in [0.1, 0.15) is 214 Å². The zero-order valence-electron chi connectivity index (χ0n) is 79.3. The maximum Gasteiger partial charge on any atom is 0.304 e. The fourth-order valence-corrected chi connectivity index (χ4v) is 23.8. The molecule has 12 heterocycles. The van der Waals surface area contributed by atoms with Crippen molar-refractivity contribution in [1.82, 2.24) is 58.1 Å². The smallest absolute Gasteiger partial charge is 0.304 e. The number of nitrogens with two attached hydrogens (primary N) is 3. The number of pyridine rings is 7. The standard InChI is InChI=1S/C26H37N5O4S.C24H26FN5O4S.C23H30FN5O3S.C23H31N5O3S/c1-16-13-26(4,5)31(15-16)23-17(24(33)30-36(34,35)21-7-6-12-28-22(21)27)8-9-19(29-23)18-14-25(2,3)11-10-20(18)32;1-14-12-24(2,3)30(13-14)22-16(7-8-18(28-22)17-11-15(25)6-9-19(17)31)23(32)29-35(33,34)20-5-4-10-27-21(20)26;1-15-12-23(2,3)29(13-15)21-18(8-9-20(26-21)17-6-4-5-7-19(17)24)22(30)27-33(31,32)28-11-10-16(25)14-28;1-16-13-23(2,3)28(14-16)21-18(7-6-12-24-21)22(29)26-32(30,31)20-9-5-8-19(25-20)27(4)15-17-10-11-17/h6-9,12,16,18,20,32H,10-11,13-15H2,1-5H3,(H2,27,28)(H,30,33);4-11,14,31H,12-13H2,1-3H3,(H2,26,27)(H,29,32);4-9,15-16H,10-14,25H2,1-3H3,(H,27,30);5-9,12,16-17H,10-11,13-15H2,1-4H3,(H,26,29)/t16-,18?,20?;14-;15-,16-;/m000./s1. The third-order valence-corrected chi connectivity index (χ3v) is 31.5. The number of benzene rings is 2. The third kappa shape index (κ3) is 23.4. The minimum Gasteiger partial charge on any atom is -0.507 e. The molecule has 4 amide bonds. The number of anilines is 7. The van der Waals surface area contributed by atoms with Crippen LogP contribution in [0.5, 0.6) is 5.75 Å². The molecule has 3 unspecified atom stereocenters. The average Bonchev–Trinajstić information content (AvgIpc) is 1.54. The van der Waals surface area contributed by atoms with E-state index in [9.17, 15) is 71.8 Å². The van der Waals surface area contributed by atoms with Gasteiger partial charge in [0.25, 0.3) is 53.7 Å². The number of halogens is 2. The van der Waals surface area contributed by atoms with Gasteiger partial charge in [0.05, 0.1) is 39.7 Å². The van der Waals surface area contributed by atoms with E-state index >= 15 is 0 Å². The van der Waals surface area contributed by atoms with Crippen molar-refractivity contribution < 1.29 is 71.8 Å². The first-order valence-electron chi connectivity index (χ1n) is 45.5. The molecule has 2 aromatic carbocycles. The summed E-state index contributed by atoms with van der Waals surface area (Å²) in [4.78, 5) is 93.0. The molecule has 2 aliphatic carbocycles. The molecule has 7 fully saturated rings. The quantitative estimate of drug-likeness (QED) is 0.0304. The van der Waals surface area contributed by atoms with E-state index < -0.39 is 87.2 Å². The molecule has 34 nitrogen and oxygen atoms in total. The number of nitrogens with one attached hydrogen (secondary N) is 4. The van der Waals surface area contributed by atoms with E-state index in [0.717, 1.165) is 69.4 Å². The zero-order valence-corrected chi connectivity index (χ0v) is 82.6. The number of aromatic nitrogens is 7. The van der Waals surface area contributed by atoms with Crippen LogP contribution in [0.25, 0.3) is 22.5 Å². The van der Waals surface area contributed by atoms with Crippen molar-refractivity contribution in [1.29, 1.82) is 0 Å². The Hall–Kier alpha value is -11.7. The molecular formula is C96H124F2N20O14S4. The lowest BCUT2D eigenvalue weighted by molar-refractivity contribution is 0.0549. The second-order valence-electron chi connectivity index (χ2n) is 40.3. The average molecular weight is 1950 g/mol. The first-order chi connectivity index (χ1) is 63.6. The third-order valence-electron chi connectivity index (χ3n) is 26.1. The lowest BCUT2D eigenvalue weighted by Crippen LogP contribution is -2.44. The van der Waals surface area contributed by atoms with Crippen LogP contribution in [0.15, 0.2) is 167 Å². The number of phenolic OH excluding ortho intramolecular Hbond substituents is 1. The molecule has 0 bridgehead atoms. The lowest BCUT2D eigenvalue weighted by Gasteiger charge is -2.39. The highest BCUT2D eigenvalue weighted by molar-refractivity contribution is 7.90. The normalized spacial score (nSPS) is 21.6. The fraction of sp³-hybridized carbons (Fsp3) is 0.469. The number of aliphatic hydroxyl groups is 1. The summed E-state index contributed by atoms with van der Waals surface area (Å²) in [5, 5.41) is 20.9. The molecular weight excluding hydrogens is 1820 g/mol. The first-order valence-corrected chi connectivity index (χ1v) is 51.4. The summed E-state index contributed by atoms with van der Waals surface area (Å²) in [6.45, 7) is 33.3. The number of hydrogen-bond acceptors (Lipinski definition) is 29. The van der Waals surface area contributed by atoms with E-state index in [-0.39, 0.29) is 125 Å². The van der Waals surface area contributed by atoms with Crippen molar-refractivity contribution in [2.75, 3.05) is 88.8 Å². The fourth-order valence-electron chi connectivity index (χ4n) is 19.6. The van der Waals surface area contributed by atoms with Crippen molar-refractivity contribution in [3.8, 4) is 28.3 Å². The second kappa shape index (κ2) is 39.8. The summed E-state index contributed by atoms with van der Waals surface area (Å²) < 4.78 is 141. The van der Waals surface area contributed by atoms with Crippen LogP contribution in [0.4, 0.5) is 49.5 Å². The Morgan fingerprint density at radius 1 is 0.478 bits per heavy atom. The van der Waals surface area contributed by atoms with Gasteiger partial charge in [0, 0.05) is 122 Å². The number of rotatable bonds is 22. The van der Waals surface area contributed by atoms with Crippen LogP contribution in [0.3, 0.4) is 0 Å². The SMILES string of the molecule is CC1CN(c2ncccc2C(=O)NS(=O)(=O)c2cccc(N(C)CC3CC3)n2)C(C)(C)C1.C[C@@H]1CN(c2nc(-c3cc(F)ccc3O)ccc2C(=O)NS(=O)(=O)c2cccnc2N)C(C)(C)C1.C[C@@H]1CN(c2nc(-c3ccccc3F)ccc2C(=O)NS(=O)(=O)N2CC[C@H](N)C2)C(C)(C)C1.C[C@@H]1CN(c2nc(C3CC(C)(C)CCC3O)ccc2C(=O)NS(=O)(=O)c2cccnc2N)C(C)(C)C1. The maximum atomic E-state index is 14.5. The van der Waals surface area contributed by atoms with Crippen molar-refractivity contribution in [2.24, 2.45) is 40.7 Å². The molecule has 5 aliphatic heterocycles. The zero-order chi connectivity index (χ0) is 99.1. The van der Waals surface area contributed by atoms with Crippen LogP contribution in [0, 0.1) is 46.6 Å². The maximum absolute atomic E-state index is 14.5. The summed E-state index contributed by atoms with van der Waals surface area (Å²) in [6, 6.07) is 32.3. The highest BCUT2D eigenvalue weighted by atomic mass is 32.2. The molecule has 16 rings (SSSR count). The molecule has 136 heavy (non-hydrogen) atoms. The van der Waals surface area contributed by atoms with E-state index in [1.165, 1.54) is 90.2 Å². The summed E-state index contributed by atoms with van der Waals surface area (Å²) >= 11 is 0. The highest BCUT2D eigenvalue weighted by Gasteiger charge is 2.46. The summed E-state index contributed by atoms with van der Waals surface area (Å²) in [5.74, 6) is -0.719. The Morgan fingerprint density at radius 2 is 0.926 bits per heavy atom. The van der Waals surface area contributed by atoms with Gasteiger partial charge in [-0.3, -0.25) is 19.2 Å². The van der Waals surface area contributed by atoms with Crippen molar-refractivity contribution >= 4 is 105 Å². The molecule has 0 radical (unpaired) electrons. The number of amides is 4. The molecule has 2 saturated carbocycles. The molecule has 7 aliphatic rings. The predicted molar refractivity (Wildman–Crippen MR) is 519 cm³/mol. The summed E-state index contributed by atoms with van der Waals surface area (Å²) in [5.41, 5.74) is 18.5. The van der Waals surface area contributed by atoms with Crippen LogP contribution < -0.4 is 60.6 Å².